The molecule has 2 heterocycles. The zero-order valence-corrected chi connectivity index (χ0v) is 12.4. The second kappa shape index (κ2) is 5.02. The number of piperidine rings is 1. The lowest BCUT2D eigenvalue weighted by Crippen LogP contribution is -2.48. The minimum Gasteiger partial charge on any atom is -0.364 e. The van der Waals surface area contributed by atoms with E-state index >= 15 is 0 Å². The van der Waals surface area contributed by atoms with Crippen molar-refractivity contribution in [3.8, 4) is 0 Å². The SMILES string of the molecule is CNS(=O)(=O)c1ccccc1N1C2CCC1CC(N)C2. The first kappa shape index (κ1) is 13.9. The first-order chi connectivity index (χ1) is 9.53. The minimum atomic E-state index is -3.43. The van der Waals surface area contributed by atoms with Crippen LogP contribution in [0.3, 0.4) is 0 Å². The number of fused-ring (bicyclic) bond motifs is 2. The summed E-state index contributed by atoms with van der Waals surface area (Å²) in [5, 5.41) is 0. The van der Waals surface area contributed by atoms with Crippen molar-refractivity contribution in [3.05, 3.63) is 24.3 Å². The number of benzene rings is 1. The molecule has 2 atom stereocenters. The van der Waals surface area contributed by atoms with Gasteiger partial charge in [-0.25, -0.2) is 13.1 Å². The molecule has 6 heteroatoms. The summed E-state index contributed by atoms with van der Waals surface area (Å²) in [6, 6.07) is 8.25. The molecule has 3 rings (SSSR count). The van der Waals surface area contributed by atoms with E-state index in [-0.39, 0.29) is 6.04 Å². The van der Waals surface area contributed by atoms with E-state index in [2.05, 4.69) is 9.62 Å². The fourth-order valence-corrected chi connectivity index (χ4v) is 4.55. The van der Waals surface area contributed by atoms with Crippen LogP contribution in [0.25, 0.3) is 0 Å². The fraction of sp³-hybridized carbons (Fsp3) is 0.571. The molecule has 3 N–H and O–H groups in total. The number of nitrogens with zero attached hydrogens (tertiary/aromatic N) is 1. The van der Waals surface area contributed by atoms with E-state index in [0.717, 1.165) is 31.4 Å². The molecule has 20 heavy (non-hydrogen) atoms. The number of nitrogens with one attached hydrogen (secondary N) is 1. The van der Waals surface area contributed by atoms with Crippen molar-refractivity contribution in [1.82, 2.24) is 4.72 Å². The smallest absolute Gasteiger partial charge is 0.242 e. The summed E-state index contributed by atoms with van der Waals surface area (Å²) in [5.41, 5.74) is 6.91. The number of anilines is 1. The Morgan fingerprint density at radius 1 is 1.20 bits per heavy atom. The standard InChI is InChI=1S/C14H21N3O2S/c1-16-20(18,19)14-5-3-2-4-13(14)17-11-6-7-12(17)9-10(15)8-11/h2-5,10-12,16H,6-9,15H2,1H3. The van der Waals surface area contributed by atoms with Crippen LogP contribution >= 0.6 is 0 Å². The summed E-state index contributed by atoms with van der Waals surface area (Å²) >= 11 is 0. The molecule has 1 aromatic rings. The molecule has 0 aliphatic carbocycles. The molecule has 2 fully saturated rings. The Balaban J connectivity index is 2.04. The second-order valence-electron chi connectivity index (χ2n) is 5.70. The quantitative estimate of drug-likeness (QED) is 0.874. The minimum absolute atomic E-state index is 0.247. The monoisotopic (exact) mass is 295 g/mol. The fourth-order valence-electron chi connectivity index (χ4n) is 3.62. The third-order valence-electron chi connectivity index (χ3n) is 4.47. The van der Waals surface area contributed by atoms with Gasteiger partial charge in [0.15, 0.2) is 0 Å². The van der Waals surface area contributed by atoms with Gasteiger partial charge in [-0.2, -0.15) is 0 Å². The Hall–Kier alpha value is -1.11. The lowest BCUT2D eigenvalue weighted by atomic mass is 9.97. The first-order valence-electron chi connectivity index (χ1n) is 7.09. The van der Waals surface area contributed by atoms with Gasteiger partial charge in [-0.15, -0.1) is 0 Å². The Kier molecular flexibility index (Phi) is 3.48. The third-order valence-corrected chi connectivity index (χ3v) is 5.93. The van der Waals surface area contributed by atoms with Gasteiger partial charge in [0.05, 0.1) is 5.69 Å². The van der Waals surface area contributed by atoms with Crippen LogP contribution in [0, 0.1) is 0 Å². The topological polar surface area (TPSA) is 75.4 Å². The van der Waals surface area contributed by atoms with Gasteiger partial charge in [0.1, 0.15) is 4.90 Å². The summed E-state index contributed by atoms with van der Waals surface area (Å²) in [5.74, 6) is 0. The lowest BCUT2D eigenvalue weighted by Gasteiger charge is -2.40. The van der Waals surface area contributed by atoms with E-state index < -0.39 is 10.0 Å². The molecule has 5 nitrogen and oxygen atoms in total. The average Bonchev–Trinajstić information content (AvgIpc) is 2.71. The maximum Gasteiger partial charge on any atom is 0.242 e. The van der Waals surface area contributed by atoms with E-state index in [9.17, 15) is 8.42 Å². The molecule has 2 bridgehead atoms. The Labute approximate surface area is 120 Å². The molecule has 0 radical (unpaired) electrons. The van der Waals surface area contributed by atoms with Gasteiger partial charge in [-0.05, 0) is 44.9 Å². The van der Waals surface area contributed by atoms with Crippen molar-refractivity contribution in [2.24, 2.45) is 5.73 Å². The van der Waals surface area contributed by atoms with Crippen molar-refractivity contribution in [2.45, 2.75) is 48.7 Å². The number of rotatable bonds is 3. The molecule has 2 unspecified atom stereocenters. The van der Waals surface area contributed by atoms with Crippen LogP contribution < -0.4 is 15.4 Å². The van der Waals surface area contributed by atoms with E-state index in [4.69, 9.17) is 5.73 Å². The highest BCUT2D eigenvalue weighted by Crippen LogP contribution is 2.41. The molecule has 0 saturated carbocycles. The molecule has 1 aromatic carbocycles. The number of para-hydroxylation sites is 1. The van der Waals surface area contributed by atoms with Crippen LogP contribution in [0.5, 0.6) is 0 Å². The lowest BCUT2D eigenvalue weighted by molar-refractivity contribution is 0.413. The van der Waals surface area contributed by atoms with Gasteiger partial charge in [-0.1, -0.05) is 12.1 Å². The molecule has 2 saturated heterocycles. The molecular formula is C14H21N3O2S. The van der Waals surface area contributed by atoms with E-state index in [1.807, 2.05) is 12.1 Å². The van der Waals surface area contributed by atoms with E-state index in [1.54, 1.807) is 12.1 Å². The Morgan fingerprint density at radius 3 is 2.40 bits per heavy atom. The van der Waals surface area contributed by atoms with Crippen LogP contribution in [0.15, 0.2) is 29.2 Å². The highest BCUT2D eigenvalue weighted by Gasteiger charge is 2.41. The predicted octanol–water partition coefficient (Wildman–Crippen LogP) is 1.05. The molecular weight excluding hydrogens is 274 g/mol. The van der Waals surface area contributed by atoms with Crippen LogP contribution in [-0.4, -0.2) is 33.6 Å². The Bertz CT molecular complexity index is 588. The molecule has 2 aliphatic rings. The highest BCUT2D eigenvalue weighted by atomic mass is 32.2. The summed E-state index contributed by atoms with van der Waals surface area (Å²) in [6.07, 6.45) is 4.10. The number of hydrogen-bond donors (Lipinski definition) is 2. The summed E-state index contributed by atoms with van der Waals surface area (Å²) in [7, 11) is -1.98. The van der Waals surface area contributed by atoms with Crippen molar-refractivity contribution in [2.75, 3.05) is 11.9 Å². The van der Waals surface area contributed by atoms with Crippen molar-refractivity contribution in [3.63, 3.8) is 0 Å². The van der Waals surface area contributed by atoms with Crippen LogP contribution in [0.2, 0.25) is 0 Å². The molecule has 0 amide bonds. The first-order valence-corrected chi connectivity index (χ1v) is 8.57. The van der Waals surface area contributed by atoms with Gasteiger partial charge in [0.25, 0.3) is 0 Å². The normalized spacial score (nSPS) is 29.7. The van der Waals surface area contributed by atoms with Crippen LogP contribution in [-0.2, 0) is 10.0 Å². The van der Waals surface area contributed by atoms with E-state index in [0.29, 0.717) is 17.0 Å². The zero-order valence-electron chi connectivity index (χ0n) is 11.6. The van der Waals surface area contributed by atoms with Gasteiger partial charge >= 0.3 is 0 Å². The van der Waals surface area contributed by atoms with Crippen molar-refractivity contribution >= 4 is 15.7 Å². The second-order valence-corrected chi connectivity index (χ2v) is 7.55. The van der Waals surface area contributed by atoms with Crippen molar-refractivity contribution in [1.29, 1.82) is 0 Å². The van der Waals surface area contributed by atoms with Crippen LogP contribution in [0.1, 0.15) is 25.7 Å². The maximum absolute atomic E-state index is 12.2. The summed E-state index contributed by atoms with van der Waals surface area (Å²) in [4.78, 5) is 2.66. The van der Waals surface area contributed by atoms with Crippen molar-refractivity contribution < 1.29 is 8.42 Å². The average molecular weight is 295 g/mol. The largest absolute Gasteiger partial charge is 0.364 e. The van der Waals surface area contributed by atoms with Gasteiger partial charge in [-0.3, -0.25) is 0 Å². The van der Waals surface area contributed by atoms with E-state index in [1.165, 1.54) is 7.05 Å². The molecule has 2 aliphatic heterocycles. The molecule has 110 valence electrons. The van der Waals surface area contributed by atoms with Gasteiger partial charge in [0, 0.05) is 18.1 Å². The molecule has 0 spiro atoms. The van der Waals surface area contributed by atoms with Gasteiger partial charge in [0.2, 0.25) is 10.0 Å². The number of sulfonamides is 1. The van der Waals surface area contributed by atoms with Gasteiger partial charge < -0.3 is 10.6 Å². The zero-order chi connectivity index (χ0) is 14.3. The number of hydrogen-bond acceptors (Lipinski definition) is 4. The maximum atomic E-state index is 12.2. The predicted molar refractivity (Wildman–Crippen MR) is 79.2 cm³/mol. The summed E-state index contributed by atoms with van der Waals surface area (Å²) < 4.78 is 26.8. The highest BCUT2D eigenvalue weighted by molar-refractivity contribution is 7.89. The van der Waals surface area contributed by atoms with Crippen LogP contribution in [0.4, 0.5) is 5.69 Å². The Morgan fingerprint density at radius 2 is 1.80 bits per heavy atom. The molecule has 0 aromatic heterocycles. The third kappa shape index (κ3) is 2.21. The number of nitrogens with two attached hydrogens (primary N) is 1. The summed E-state index contributed by atoms with van der Waals surface area (Å²) in [6.45, 7) is 0.